The lowest BCUT2D eigenvalue weighted by Gasteiger charge is -2.11. The number of ether oxygens (including phenoxy) is 2. The molecule has 19 heavy (non-hydrogen) atoms. The number of nitrogens with one attached hydrogen (secondary N) is 1. The van der Waals surface area contributed by atoms with Crippen molar-refractivity contribution in [3.05, 3.63) is 23.8 Å². The van der Waals surface area contributed by atoms with Crippen LogP contribution in [0.2, 0.25) is 0 Å². The average molecular weight is 283 g/mol. The third-order valence-corrected chi connectivity index (χ3v) is 5.88. The fourth-order valence-corrected chi connectivity index (χ4v) is 4.32. The Morgan fingerprint density at radius 2 is 2.11 bits per heavy atom. The maximum absolute atomic E-state index is 11.7. The summed E-state index contributed by atoms with van der Waals surface area (Å²) in [6, 6.07) is 5.77. The molecule has 5 nitrogen and oxygen atoms in total. The van der Waals surface area contributed by atoms with Gasteiger partial charge in [-0.05, 0) is 30.5 Å². The number of hydrogen-bond acceptors (Lipinski definition) is 5. The van der Waals surface area contributed by atoms with Crippen molar-refractivity contribution in [1.29, 1.82) is 0 Å². The van der Waals surface area contributed by atoms with Gasteiger partial charge in [0, 0.05) is 13.1 Å². The topological polar surface area (TPSA) is 64.6 Å². The second kappa shape index (κ2) is 5.02. The first-order valence-electron chi connectivity index (χ1n) is 6.46. The Labute approximate surface area is 112 Å². The van der Waals surface area contributed by atoms with Crippen molar-refractivity contribution in [3.63, 3.8) is 0 Å². The van der Waals surface area contributed by atoms with Gasteiger partial charge in [-0.2, -0.15) is 0 Å². The highest BCUT2D eigenvalue weighted by molar-refractivity contribution is 7.92. The van der Waals surface area contributed by atoms with Gasteiger partial charge in [0.25, 0.3) is 0 Å². The quantitative estimate of drug-likeness (QED) is 0.896. The highest BCUT2D eigenvalue weighted by Crippen LogP contribution is 2.32. The third-order valence-electron chi connectivity index (χ3n) is 3.60. The first kappa shape index (κ1) is 12.7. The van der Waals surface area contributed by atoms with Crippen LogP contribution in [0.5, 0.6) is 11.5 Å². The molecule has 3 rings (SSSR count). The number of benzene rings is 1. The normalized spacial score (nSPS) is 23.7. The standard InChI is InChI=1S/C13H17NO4S/c15-19(16)5-1-2-11(19)8-14-7-10-3-4-12-13(6-10)18-9-17-12/h3-4,6,11,14H,1-2,5,7-9H2. The van der Waals surface area contributed by atoms with Crippen LogP contribution in [-0.4, -0.2) is 32.8 Å². The van der Waals surface area contributed by atoms with E-state index in [0.29, 0.717) is 18.8 Å². The van der Waals surface area contributed by atoms with Gasteiger partial charge in [-0.15, -0.1) is 0 Å². The van der Waals surface area contributed by atoms with E-state index >= 15 is 0 Å². The predicted octanol–water partition coefficient (Wildman–Crippen LogP) is 1.08. The largest absolute Gasteiger partial charge is 0.454 e. The summed E-state index contributed by atoms with van der Waals surface area (Å²) in [5.74, 6) is 1.86. The first-order chi connectivity index (χ1) is 9.15. The van der Waals surface area contributed by atoms with Crippen LogP contribution in [0, 0.1) is 0 Å². The zero-order chi connectivity index (χ0) is 13.3. The fourth-order valence-electron chi connectivity index (χ4n) is 2.52. The summed E-state index contributed by atoms with van der Waals surface area (Å²) >= 11 is 0. The molecule has 104 valence electrons. The molecule has 2 heterocycles. The summed E-state index contributed by atoms with van der Waals surface area (Å²) in [6.07, 6.45) is 1.56. The van der Waals surface area contributed by atoms with Crippen LogP contribution in [0.4, 0.5) is 0 Å². The molecule has 2 aliphatic heterocycles. The van der Waals surface area contributed by atoms with Crippen molar-refractivity contribution >= 4 is 9.84 Å². The molecule has 1 N–H and O–H groups in total. The van der Waals surface area contributed by atoms with Gasteiger partial charge in [0.15, 0.2) is 21.3 Å². The minimum Gasteiger partial charge on any atom is -0.454 e. The van der Waals surface area contributed by atoms with Gasteiger partial charge >= 0.3 is 0 Å². The van der Waals surface area contributed by atoms with Gasteiger partial charge in [-0.25, -0.2) is 8.42 Å². The molecule has 0 radical (unpaired) electrons. The van der Waals surface area contributed by atoms with Gasteiger partial charge in [-0.1, -0.05) is 6.07 Å². The minimum atomic E-state index is -2.86. The Hall–Kier alpha value is -1.27. The zero-order valence-corrected chi connectivity index (χ0v) is 11.4. The molecule has 0 aliphatic carbocycles. The average Bonchev–Trinajstić information content (AvgIpc) is 2.95. The lowest BCUT2D eigenvalue weighted by Crippen LogP contribution is -2.30. The first-order valence-corrected chi connectivity index (χ1v) is 8.17. The van der Waals surface area contributed by atoms with Crippen LogP contribution in [-0.2, 0) is 16.4 Å². The molecule has 0 amide bonds. The van der Waals surface area contributed by atoms with Crippen LogP contribution < -0.4 is 14.8 Å². The molecule has 0 saturated carbocycles. The zero-order valence-electron chi connectivity index (χ0n) is 10.6. The van der Waals surface area contributed by atoms with Crippen LogP contribution in [0.3, 0.4) is 0 Å². The second-order valence-corrected chi connectivity index (χ2v) is 7.35. The monoisotopic (exact) mass is 283 g/mol. The molecule has 0 aromatic heterocycles. The van der Waals surface area contributed by atoms with Crippen LogP contribution in [0.1, 0.15) is 18.4 Å². The van der Waals surface area contributed by atoms with E-state index in [0.717, 1.165) is 29.9 Å². The van der Waals surface area contributed by atoms with Crippen LogP contribution in [0.25, 0.3) is 0 Å². The van der Waals surface area contributed by atoms with Crippen molar-refractivity contribution in [1.82, 2.24) is 5.32 Å². The Morgan fingerprint density at radius 1 is 1.26 bits per heavy atom. The summed E-state index contributed by atoms with van der Waals surface area (Å²) in [5, 5.41) is 2.99. The maximum Gasteiger partial charge on any atom is 0.231 e. The Morgan fingerprint density at radius 3 is 2.89 bits per heavy atom. The molecule has 1 aromatic rings. The summed E-state index contributed by atoms with van der Waals surface area (Å²) in [7, 11) is -2.86. The second-order valence-electron chi connectivity index (χ2n) is 4.95. The maximum atomic E-state index is 11.7. The number of fused-ring (bicyclic) bond motifs is 1. The Balaban J connectivity index is 1.55. The van der Waals surface area contributed by atoms with Gasteiger partial charge in [0.05, 0.1) is 11.0 Å². The third kappa shape index (κ3) is 2.69. The molecule has 1 aromatic carbocycles. The Bertz CT molecular complexity index is 570. The van der Waals surface area contributed by atoms with Gasteiger partial charge in [0.2, 0.25) is 6.79 Å². The van der Waals surface area contributed by atoms with E-state index < -0.39 is 9.84 Å². The lowest BCUT2D eigenvalue weighted by molar-refractivity contribution is 0.174. The molecular weight excluding hydrogens is 266 g/mol. The summed E-state index contributed by atoms with van der Waals surface area (Å²) in [4.78, 5) is 0. The van der Waals surface area contributed by atoms with E-state index in [4.69, 9.17) is 9.47 Å². The number of sulfone groups is 1. The van der Waals surface area contributed by atoms with E-state index in [2.05, 4.69) is 5.32 Å². The summed E-state index contributed by atoms with van der Waals surface area (Å²) in [6.45, 7) is 1.44. The summed E-state index contributed by atoms with van der Waals surface area (Å²) in [5.41, 5.74) is 1.07. The Kier molecular flexibility index (Phi) is 3.36. The van der Waals surface area contributed by atoms with Crippen molar-refractivity contribution in [2.75, 3.05) is 19.1 Å². The molecule has 0 spiro atoms. The molecule has 6 heteroatoms. The fraction of sp³-hybridized carbons (Fsp3) is 0.538. The molecule has 0 bridgehead atoms. The molecule has 1 atom stereocenters. The number of hydrogen-bond donors (Lipinski definition) is 1. The van der Waals surface area contributed by atoms with E-state index in [-0.39, 0.29) is 12.0 Å². The van der Waals surface area contributed by atoms with Crippen LogP contribution >= 0.6 is 0 Å². The smallest absolute Gasteiger partial charge is 0.231 e. The van der Waals surface area contributed by atoms with E-state index in [1.54, 1.807) is 0 Å². The highest BCUT2D eigenvalue weighted by atomic mass is 32.2. The van der Waals surface area contributed by atoms with Crippen molar-refractivity contribution in [2.24, 2.45) is 0 Å². The predicted molar refractivity (Wildman–Crippen MR) is 71.1 cm³/mol. The molecule has 1 fully saturated rings. The van der Waals surface area contributed by atoms with Crippen molar-refractivity contribution < 1.29 is 17.9 Å². The van der Waals surface area contributed by atoms with Gasteiger partial charge < -0.3 is 14.8 Å². The number of rotatable bonds is 4. The molecule has 1 unspecified atom stereocenters. The van der Waals surface area contributed by atoms with E-state index in [9.17, 15) is 8.42 Å². The minimum absolute atomic E-state index is 0.221. The lowest BCUT2D eigenvalue weighted by atomic mass is 10.2. The van der Waals surface area contributed by atoms with E-state index in [1.807, 2.05) is 18.2 Å². The highest BCUT2D eigenvalue weighted by Gasteiger charge is 2.30. The summed E-state index contributed by atoms with van der Waals surface area (Å²) < 4.78 is 33.9. The van der Waals surface area contributed by atoms with Gasteiger partial charge in [-0.3, -0.25) is 0 Å². The SMILES string of the molecule is O=S1(=O)CCCC1CNCc1ccc2c(c1)OCO2. The molecule has 1 saturated heterocycles. The van der Waals surface area contributed by atoms with Crippen LogP contribution in [0.15, 0.2) is 18.2 Å². The van der Waals surface area contributed by atoms with Crippen molar-refractivity contribution in [2.45, 2.75) is 24.6 Å². The molecule has 2 aliphatic rings. The van der Waals surface area contributed by atoms with Crippen molar-refractivity contribution in [3.8, 4) is 11.5 Å². The van der Waals surface area contributed by atoms with E-state index in [1.165, 1.54) is 0 Å². The molecular formula is C13H17NO4S. The van der Waals surface area contributed by atoms with Gasteiger partial charge in [0.1, 0.15) is 0 Å².